The summed E-state index contributed by atoms with van der Waals surface area (Å²) in [7, 11) is 0. The molecule has 0 saturated carbocycles. The van der Waals surface area contributed by atoms with Gasteiger partial charge in [-0.05, 0) is 55.7 Å². The second-order valence-corrected chi connectivity index (χ2v) is 9.41. The van der Waals surface area contributed by atoms with Crippen LogP contribution in [0.15, 0.2) is 58.7 Å². The number of nitrogens with one attached hydrogen (secondary N) is 2. The minimum Gasteiger partial charge on any atom is -0.345 e. The first-order valence-corrected chi connectivity index (χ1v) is 12.1. The van der Waals surface area contributed by atoms with Crippen LogP contribution in [0.1, 0.15) is 32.9 Å². The maximum absolute atomic E-state index is 12.6. The zero-order valence-corrected chi connectivity index (χ0v) is 21.2. The molecule has 0 saturated heterocycles. The fourth-order valence-electron chi connectivity index (χ4n) is 3.36. The monoisotopic (exact) mass is 527 g/mol. The first-order valence-electron chi connectivity index (χ1n) is 10.4. The van der Waals surface area contributed by atoms with Crippen LogP contribution in [0.25, 0.3) is 0 Å². The zero-order valence-electron chi connectivity index (χ0n) is 18.8. The smallest absolute Gasteiger partial charge is 0.251 e. The number of anilines is 1. The van der Waals surface area contributed by atoms with Crippen LogP contribution in [0.2, 0.25) is 0 Å². The fraction of sp³-hybridized carbons (Fsp3) is 0.250. The van der Waals surface area contributed by atoms with Gasteiger partial charge in [0.25, 0.3) is 5.91 Å². The molecule has 3 aromatic rings. The van der Waals surface area contributed by atoms with Gasteiger partial charge in [-0.15, -0.1) is 16.8 Å². The van der Waals surface area contributed by atoms with Crippen LogP contribution < -0.4 is 10.6 Å². The quantitative estimate of drug-likeness (QED) is 0.307. The first-order chi connectivity index (χ1) is 15.8. The van der Waals surface area contributed by atoms with Gasteiger partial charge in [0.2, 0.25) is 5.91 Å². The van der Waals surface area contributed by atoms with Crippen LogP contribution in [-0.4, -0.2) is 32.3 Å². The highest BCUT2D eigenvalue weighted by Crippen LogP contribution is 2.26. The van der Waals surface area contributed by atoms with Crippen molar-refractivity contribution in [3.8, 4) is 0 Å². The van der Waals surface area contributed by atoms with Crippen molar-refractivity contribution in [2.24, 2.45) is 0 Å². The van der Waals surface area contributed by atoms with E-state index in [2.05, 4.69) is 43.3 Å². The van der Waals surface area contributed by atoms with Gasteiger partial charge in [0.15, 0.2) is 11.0 Å². The van der Waals surface area contributed by atoms with E-state index in [1.165, 1.54) is 11.8 Å². The number of halogens is 1. The van der Waals surface area contributed by atoms with E-state index in [-0.39, 0.29) is 24.1 Å². The summed E-state index contributed by atoms with van der Waals surface area (Å²) >= 11 is 4.76. The summed E-state index contributed by atoms with van der Waals surface area (Å²) in [6.45, 7) is 10.3. The average molecular weight is 528 g/mol. The lowest BCUT2D eigenvalue weighted by Gasteiger charge is -2.12. The average Bonchev–Trinajstić information content (AvgIpc) is 3.15. The third-order valence-electron chi connectivity index (χ3n) is 5.00. The van der Waals surface area contributed by atoms with E-state index in [9.17, 15) is 9.59 Å². The Morgan fingerprint density at radius 3 is 2.48 bits per heavy atom. The molecule has 1 heterocycles. The van der Waals surface area contributed by atoms with Crippen LogP contribution in [0, 0.1) is 20.8 Å². The summed E-state index contributed by atoms with van der Waals surface area (Å²) in [5.41, 5.74) is 4.32. The minimum atomic E-state index is -0.171. The first kappa shape index (κ1) is 24.7. The van der Waals surface area contributed by atoms with E-state index in [1.807, 2.05) is 55.7 Å². The van der Waals surface area contributed by atoms with E-state index in [1.54, 1.807) is 12.1 Å². The molecule has 0 aliphatic heterocycles. The van der Waals surface area contributed by atoms with Gasteiger partial charge in [-0.3, -0.25) is 9.59 Å². The van der Waals surface area contributed by atoms with Crippen molar-refractivity contribution in [1.82, 2.24) is 20.1 Å². The Bertz CT molecular complexity index is 1170. The lowest BCUT2D eigenvalue weighted by molar-refractivity contribution is -0.113. The molecule has 0 fully saturated rings. The number of amides is 2. The molecular formula is C24H26BrN5O2S. The Balaban J connectivity index is 1.64. The summed E-state index contributed by atoms with van der Waals surface area (Å²) in [5, 5.41) is 14.9. The Kier molecular flexibility index (Phi) is 8.46. The molecule has 33 heavy (non-hydrogen) atoms. The minimum absolute atomic E-state index is 0.129. The molecule has 7 nitrogen and oxygen atoms in total. The number of aryl methyl sites for hydroxylation is 3. The molecule has 0 unspecified atom stereocenters. The van der Waals surface area contributed by atoms with E-state index >= 15 is 0 Å². The molecule has 0 atom stereocenters. The SMILES string of the molecule is C=CCn1c(CNC(=O)c2ccccc2C)nnc1SCC(=O)Nc1c(C)cc(Br)cc1C. The molecule has 3 rings (SSSR count). The van der Waals surface area contributed by atoms with E-state index < -0.39 is 0 Å². The van der Waals surface area contributed by atoms with Crippen molar-refractivity contribution in [2.75, 3.05) is 11.1 Å². The Hall–Kier alpha value is -2.91. The Morgan fingerprint density at radius 1 is 1.12 bits per heavy atom. The lowest BCUT2D eigenvalue weighted by Crippen LogP contribution is -2.25. The van der Waals surface area contributed by atoms with E-state index in [4.69, 9.17) is 0 Å². The highest BCUT2D eigenvalue weighted by atomic mass is 79.9. The van der Waals surface area contributed by atoms with E-state index in [0.29, 0.717) is 23.1 Å². The Morgan fingerprint density at radius 2 is 1.82 bits per heavy atom. The molecule has 2 aromatic carbocycles. The predicted molar refractivity (Wildman–Crippen MR) is 136 cm³/mol. The van der Waals surface area contributed by atoms with Crippen LogP contribution in [0.3, 0.4) is 0 Å². The van der Waals surface area contributed by atoms with Crippen molar-refractivity contribution < 1.29 is 9.59 Å². The van der Waals surface area contributed by atoms with Crippen LogP contribution in [-0.2, 0) is 17.9 Å². The number of hydrogen-bond acceptors (Lipinski definition) is 5. The number of hydrogen-bond donors (Lipinski definition) is 2. The van der Waals surface area contributed by atoms with Gasteiger partial charge in [-0.2, -0.15) is 0 Å². The number of carbonyl (C=O) groups is 2. The Labute approximate surface area is 206 Å². The number of carbonyl (C=O) groups excluding carboxylic acids is 2. The highest BCUT2D eigenvalue weighted by Gasteiger charge is 2.16. The number of aromatic nitrogens is 3. The van der Waals surface area contributed by atoms with Crippen molar-refractivity contribution in [3.05, 3.63) is 81.6 Å². The van der Waals surface area contributed by atoms with Crippen molar-refractivity contribution in [1.29, 1.82) is 0 Å². The van der Waals surface area contributed by atoms with Gasteiger partial charge in [0, 0.05) is 22.3 Å². The van der Waals surface area contributed by atoms with E-state index in [0.717, 1.165) is 26.9 Å². The molecule has 0 aliphatic rings. The molecule has 0 bridgehead atoms. The summed E-state index contributed by atoms with van der Waals surface area (Å²) in [6.07, 6.45) is 1.73. The third kappa shape index (κ3) is 6.33. The summed E-state index contributed by atoms with van der Waals surface area (Å²) in [6, 6.07) is 11.3. The molecule has 0 radical (unpaired) electrons. The van der Waals surface area contributed by atoms with Crippen molar-refractivity contribution in [3.63, 3.8) is 0 Å². The van der Waals surface area contributed by atoms with Crippen molar-refractivity contribution in [2.45, 2.75) is 39.0 Å². The maximum Gasteiger partial charge on any atom is 0.251 e. The summed E-state index contributed by atoms with van der Waals surface area (Å²) < 4.78 is 2.82. The van der Waals surface area contributed by atoms with Gasteiger partial charge < -0.3 is 15.2 Å². The molecule has 9 heteroatoms. The second kappa shape index (κ2) is 11.3. The maximum atomic E-state index is 12.6. The number of allylic oxidation sites excluding steroid dienone is 1. The largest absolute Gasteiger partial charge is 0.345 e. The number of thioether (sulfide) groups is 1. The number of nitrogens with zero attached hydrogens (tertiary/aromatic N) is 3. The van der Waals surface area contributed by atoms with Crippen LogP contribution in [0.5, 0.6) is 0 Å². The highest BCUT2D eigenvalue weighted by molar-refractivity contribution is 9.10. The molecule has 172 valence electrons. The van der Waals surface area contributed by atoms with Gasteiger partial charge in [-0.1, -0.05) is 52.0 Å². The predicted octanol–water partition coefficient (Wildman–Crippen LogP) is 4.81. The molecule has 1 aromatic heterocycles. The van der Waals surface area contributed by atoms with Crippen molar-refractivity contribution >= 4 is 45.2 Å². The standard InChI is InChI=1S/C24H26BrN5O2S/c1-5-10-30-20(13-26-23(32)19-9-7-6-8-15(19)2)28-29-24(30)33-14-21(31)27-22-16(3)11-18(25)12-17(22)4/h5-9,11-12H,1,10,13-14H2,2-4H3,(H,26,32)(H,27,31). The normalized spacial score (nSPS) is 10.7. The molecular weight excluding hydrogens is 502 g/mol. The van der Waals surface area contributed by atoms with Gasteiger partial charge in [0.1, 0.15) is 0 Å². The molecule has 0 spiro atoms. The lowest BCUT2D eigenvalue weighted by atomic mass is 10.1. The van der Waals surface area contributed by atoms with Gasteiger partial charge in [0.05, 0.1) is 12.3 Å². The zero-order chi connectivity index (χ0) is 24.0. The van der Waals surface area contributed by atoms with Crippen LogP contribution >= 0.6 is 27.7 Å². The number of benzene rings is 2. The second-order valence-electron chi connectivity index (χ2n) is 7.55. The topological polar surface area (TPSA) is 88.9 Å². The third-order valence-corrected chi connectivity index (χ3v) is 6.42. The molecule has 2 N–H and O–H groups in total. The fourth-order valence-corrected chi connectivity index (χ4v) is 4.82. The summed E-state index contributed by atoms with van der Waals surface area (Å²) in [5.74, 6) is 0.477. The number of rotatable bonds is 9. The van der Waals surface area contributed by atoms with Gasteiger partial charge >= 0.3 is 0 Å². The molecule has 0 aliphatic carbocycles. The molecule has 2 amide bonds. The van der Waals surface area contributed by atoms with Crippen LogP contribution in [0.4, 0.5) is 5.69 Å². The van der Waals surface area contributed by atoms with Gasteiger partial charge in [-0.25, -0.2) is 0 Å². The summed E-state index contributed by atoms with van der Waals surface area (Å²) in [4.78, 5) is 25.1.